The van der Waals surface area contributed by atoms with Crippen LogP contribution in [0.25, 0.3) is 0 Å². The molecular weight excluding hydrogens is 222 g/mol. The molecule has 0 saturated heterocycles. The average Bonchev–Trinajstić information content (AvgIpc) is 2.20. The number of nitrogens with two attached hydrogens (primary N) is 1. The molecule has 0 radical (unpaired) electrons. The van der Waals surface area contributed by atoms with Crippen molar-refractivity contribution in [3.05, 3.63) is 33.9 Å². The zero-order valence-corrected chi connectivity index (χ0v) is 8.23. The smallest absolute Gasteiger partial charge is 0.387 e. The van der Waals surface area contributed by atoms with Gasteiger partial charge in [0.05, 0.1) is 4.92 Å². The van der Waals surface area contributed by atoms with Gasteiger partial charge >= 0.3 is 6.61 Å². The standard InChI is InChI=1S/C9H10F2N2O3/c10-9(11)16-8-2-1-7(13(14)15)5-6(8)3-4-12/h1-2,5,9H,3-4,12H2. The molecule has 0 spiro atoms. The van der Waals surface area contributed by atoms with Crippen LogP contribution in [0.15, 0.2) is 18.2 Å². The molecular formula is C9H10F2N2O3. The minimum absolute atomic E-state index is 0.0777. The third-order valence-corrected chi connectivity index (χ3v) is 1.88. The first-order valence-electron chi connectivity index (χ1n) is 4.46. The zero-order valence-electron chi connectivity index (χ0n) is 8.23. The molecule has 5 nitrogen and oxygen atoms in total. The van der Waals surface area contributed by atoms with E-state index in [1.165, 1.54) is 6.07 Å². The Labute approximate surface area is 90.0 Å². The average molecular weight is 232 g/mol. The molecule has 1 rings (SSSR count). The van der Waals surface area contributed by atoms with Crippen molar-refractivity contribution in [1.82, 2.24) is 0 Å². The minimum Gasteiger partial charge on any atom is -0.435 e. The van der Waals surface area contributed by atoms with Crippen LogP contribution in [0.3, 0.4) is 0 Å². The summed E-state index contributed by atoms with van der Waals surface area (Å²) in [6, 6.07) is 3.44. The SMILES string of the molecule is NCCc1cc([N+](=O)[O-])ccc1OC(F)F. The van der Waals surface area contributed by atoms with E-state index >= 15 is 0 Å². The number of nitro groups is 1. The Morgan fingerprint density at radius 2 is 2.19 bits per heavy atom. The fraction of sp³-hybridized carbons (Fsp3) is 0.333. The Hall–Kier alpha value is -1.76. The second-order valence-corrected chi connectivity index (χ2v) is 2.97. The normalized spacial score (nSPS) is 10.5. The molecule has 0 aromatic heterocycles. The number of rotatable bonds is 5. The lowest BCUT2D eigenvalue weighted by Gasteiger charge is -2.09. The molecule has 0 amide bonds. The van der Waals surface area contributed by atoms with Gasteiger partial charge in [0.2, 0.25) is 0 Å². The Morgan fingerprint density at radius 3 is 2.69 bits per heavy atom. The van der Waals surface area contributed by atoms with Gasteiger partial charge in [-0.05, 0) is 19.0 Å². The molecule has 0 unspecified atom stereocenters. The van der Waals surface area contributed by atoms with Crippen molar-refractivity contribution in [3.8, 4) is 5.75 Å². The largest absolute Gasteiger partial charge is 0.435 e. The molecule has 0 fully saturated rings. The lowest BCUT2D eigenvalue weighted by atomic mass is 10.1. The third kappa shape index (κ3) is 3.13. The molecule has 0 bridgehead atoms. The van der Waals surface area contributed by atoms with Crippen molar-refractivity contribution >= 4 is 5.69 Å². The van der Waals surface area contributed by atoms with Crippen LogP contribution in [0.2, 0.25) is 0 Å². The van der Waals surface area contributed by atoms with Gasteiger partial charge < -0.3 is 10.5 Å². The van der Waals surface area contributed by atoms with Crippen LogP contribution in [0.5, 0.6) is 5.75 Å². The summed E-state index contributed by atoms with van der Waals surface area (Å²) in [7, 11) is 0. The van der Waals surface area contributed by atoms with Crippen LogP contribution >= 0.6 is 0 Å². The quantitative estimate of drug-likeness (QED) is 0.619. The van der Waals surface area contributed by atoms with Crippen LogP contribution in [-0.2, 0) is 6.42 Å². The van der Waals surface area contributed by atoms with E-state index in [1.54, 1.807) is 0 Å². The Bertz CT molecular complexity index is 385. The molecule has 16 heavy (non-hydrogen) atoms. The summed E-state index contributed by atoms with van der Waals surface area (Å²) in [4.78, 5) is 9.87. The van der Waals surface area contributed by atoms with E-state index in [0.29, 0.717) is 5.56 Å². The summed E-state index contributed by atoms with van der Waals surface area (Å²) in [5, 5.41) is 10.5. The van der Waals surface area contributed by atoms with E-state index in [0.717, 1.165) is 12.1 Å². The molecule has 0 aliphatic heterocycles. The predicted octanol–water partition coefficient (Wildman–Crippen LogP) is 1.70. The van der Waals surface area contributed by atoms with Crippen LogP contribution in [0.4, 0.5) is 14.5 Å². The van der Waals surface area contributed by atoms with Crippen molar-refractivity contribution in [3.63, 3.8) is 0 Å². The first-order valence-corrected chi connectivity index (χ1v) is 4.46. The number of halogens is 2. The Morgan fingerprint density at radius 1 is 1.50 bits per heavy atom. The lowest BCUT2D eigenvalue weighted by Crippen LogP contribution is -2.08. The summed E-state index contributed by atoms with van der Waals surface area (Å²) in [6.45, 7) is -2.76. The van der Waals surface area contributed by atoms with E-state index in [-0.39, 0.29) is 24.4 Å². The molecule has 88 valence electrons. The van der Waals surface area contributed by atoms with Gasteiger partial charge in [-0.1, -0.05) is 0 Å². The molecule has 0 aliphatic carbocycles. The van der Waals surface area contributed by atoms with E-state index in [2.05, 4.69) is 4.74 Å². The maximum Gasteiger partial charge on any atom is 0.387 e. The van der Waals surface area contributed by atoms with Gasteiger partial charge in [-0.2, -0.15) is 8.78 Å². The summed E-state index contributed by atoms with van der Waals surface area (Å²) < 4.78 is 28.2. The number of nitrogens with zero attached hydrogens (tertiary/aromatic N) is 1. The van der Waals surface area contributed by atoms with Crippen molar-refractivity contribution in [2.75, 3.05) is 6.54 Å². The van der Waals surface area contributed by atoms with Gasteiger partial charge in [-0.25, -0.2) is 0 Å². The number of benzene rings is 1. The summed E-state index contributed by atoms with van der Waals surface area (Å²) >= 11 is 0. The monoisotopic (exact) mass is 232 g/mol. The fourth-order valence-corrected chi connectivity index (χ4v) is 1.24. The Balaban J connectivity index is 3.03. The number of hydrogen-bond acceptors (Lipinski definition) is 4. The molecule has 0 saturated carbocycles. The highest BCUT2D eigenvalue weighted by Crippen LogP contribution is 2.25. The van der Waals surface area contributed by atoms with E-state index in [9.17, 15) is 18.9 Å². The number of ether oxygens (including phenoxy) is 1. The summed E-state index contributed by atoms with van der Waals surface area (Å²) in [5.74, 6) is -0.0777. The number of non-ortho nitro benzene ring substituents is 1. The van der Waals surface area contributed by atoms with Crippen LogP contribution in [0, 0.1) is 10.1 Å². The maximum atomic E-state index is 12.0. The topological polar surface area (TPSA) is 78.4 Å². The summed E-state index contributed by atoms with van der Waals surface area (Å²) in [5.41, 5.74) is 5.40. The number of hydrogen-bond donors (Lipinski definition) is 1. The van der Waals surface area contributed by atoms with Crippen molar-refractivity contribution in [2.24, 2.45) is 5.73 Å². The number of nitro benzene ring substituents is 1. The van der Waals surface area contributed by atoms with E-state index < -0.39 is 11.5 Å². The maximum absolute atomic E-state index is 12.0. The molecule has 1 aromatic carbocycles. The number of alkyl halides is 2. The van der Waals surface area contributed by atoms with E-state index in [4.69, 9.17) is 5.73 Å². The van der Waals surface area contributed by atoms with Crippen molar-refractivity contribution in [2.45, 2.75) is 13.0 Å². The highest BCUT2D eigenvalue weighted by Gasteiger charge is 2.14. The van der Waals surface area contributed by atoms with Gasteiger partial charge in [0.25, 0.3) is 5.69 Å². The van der Waals surface area contributed by atoms with Crippen LogP contribution in [0.1, 0.15) is 5.56 Å². The van der Waals surface area contributed by atoms with Gasteiger partial charge in [0.15, 0.2) is 0 Å². The van der Waals surface area contributed by atoms with Gasteiger partial charge in [-0.15, -0.1) is 0 Å². The fourth-order valence-electron chi connectivity index (χ4n) is 1.24. The molecule has 7 heteroatoms. The highest BCUT2D eigenvalue weighted by molar-refractivity contribution is 5.44. The Kier molecular flexibility index (Phi) is 4.12. The predicted molar refractivity (Wildman–Crippen MR) is 52.5 cm³/mol. The molecule has 2 N–H and O–H groups in total. The molecule has 0 aliphatic rings. The van der Waals surface area contributed by atoms with Crippen LogP contribution < -0.4 is 10.5 Å². The highest BCUT2D eigenvalue weighted by atomic mass is 19.3. The van der Waals surface area contributed by atoms with Gasteiger partial charge in [0.1, 0.15) is 5.75 Å². The van der Waals surface area contributed by atoms with Crippen molar-refractivity contribution < 1.29 is 18.4 Å². The van der Waals surface area contributed by atoms with Crippen molar-refractivity contribution in [1.29, 1.82) is 0 Å². The molecule has 1 aromatic rings. The first kappa shape index (κ1) is 12.3. The molecule has 0 heterocycles. The van der Waals surface area contributed by atoms with Gasteiger partial charge in [0, 0.05) is 17.7 Å². The van der Waals surface area contributed by atoms with Crippen LogP contribution in [-0.4, -0.2) is 18.1 Å². The third-order valence-electron chi connectivity index (χ3n) is 1.88. The van der Waals surface area contributed by atoms with Gasteiger partial charge in [-0.3, -0.25) is 10.1 Å². The second kappa shape index (κ2) is 5.36. The second-order valence-electron chi connectivity index (χ2n) is 2.97. The van der Waals surface area contributed by atoms with E-state index in [1.807, 2.05) is 0 Å². The lowest BCUT2D eigenvalue weighted by molar-refractivity contribution is -0.385. The zero-order chi connectivity index (χ0) is 12.1. The summed E-state index contributed by atoms with van der Waals surface area (Å²) in [6.07, 6.45) is 0.240. The first-order chi connectivity index (χ1) is 7.54. The molecule has 0 atom stereocenters. The minimum atomic E-state index is -2.96.